The summed E-state index contributed by atoms with van der Waals surface area (Å²) in [4.78, 5) is 2.28. The molecule has 0 saturated heterocycles. The number of anilines is 3. The Hall–Kier alpha value is -3.82. The molecule has 0 heterocycles. The number of hydrogen-bond acceptors (Lipinski definition) is 3. The molecule has 0 aliphatic rings. The quantitative estimate of drug-likeness (QED) is 0.107. The van der Waals surface area contributed by atoms with E-state index in [2.05, 4.69) is 124 Å². The van der Waals surface area contributed by atoms with Crippen LogP contribution in [-0.2, 0) is 6.61 Å². The average Bonchev–Trinajstić information content (AvgIpc) is 3.02. The number of nitrogens with zero attached hydrogens (tertiary/aromatic N) is 1. The van der Waals surface area contributed by atoms with E-state index in [1.165, 1.54) is 56.1 Å². The minimum absolute atomic E-state index is 0.000176. The van der Waals surface area contributed by atoms with Crippen LogP contribution in [0.25, 0.3) is 12.2 Å². The Morgan fingerprint density at radius 2 is 1.14 bits per heavy atom. The maximum absolute atomic E-state index is 10.0. The van der Waals surface area contributed by atoms with E-state index in [4.69, 9.17) is 4.74 Å². The second-order valence-electron chi connectivity index (χ2n) is 11.7. The maximum Gasteiger partial charge on any atom is 0.122 e. The molecule has 0 amide bonds. The van der Waals surface area contributed by atoms with Crippen LogP contribution in [0, 0.1) is 20.8 Å². The topological polar surface area (TPSA) is 32.7 Å². The Morgan fingerprint density at radius 3 is 1.67 bits per heavy atom. The first-order chi connectivity index (χ1) is 21.0. The number of aliphatic hydroxyl groups excluding tert-OH is 1. The highest BCUT2D eigenvalue weighted by Gasteiger charge is 2.12. The van der Waals surface area contributed by atoms with Gasteiger partial charge < -0.3 is 14.7 Å². The number of hydrogen-bond donors (Lipinski definition) is 1. The summed E-state index contributed by atoms with van der Waals surface area (Å²) in [6.45, 7) is 9.28. The number of ether oxygens (including phenoxy) is 1. The molecule has 0 aliphatic carbocycles. The monoisotopic (exact) mass is 575 g/mol. The lowest BCUT2D eigenvalue weighted by Crippen LogP contribution is -2.09. The Labute approximate surface area is 259 Å². The summed E-state index contributed by atoms with van der Waals surface area (Å²) in [5.41, 5.74) is 9.92. The molecule has 43 heavy (non-hydrogen) atoms. The summed E-state index contributed by atoms with van der Waals surface area (Å²) in [5, 5.41) is 10.0. The lowest BCUT2D eigenvalue weighted by atomic mass is 10.0. The second kappa shape index (κ2) is 16.7. The van der Waals surface area contributed by atoms with Crippen molar-refractivity contribution < 1.29 is 9.84 Å². The van der Waals surface area contributed by atoms with Crippen molar-refractivity contribution >= 4 is 29.2 Å². The van der Waals surface area contributed by atoms with Gasteiger partial charge in [0.25, 0.3) is 0 Å². The van der Waals surface area contributed by atoms with Crippen LogP contribution in [0.4, 0.5) is 17.1 Å². The molecule has 0 fully saturated rings. The molecule has 0 bridgehead atoms. The van der Waals surface area contributed by atoms with Crippen LogP contribution in [0.15, 0.2) is 84.9 Å². The Balaban J connectivity index is 1.44. The molecule has 3 nitrogen and oxygen atoms in total. The van der Waals surface area contributed by atoms with Crippen molar-refractivity contribution in [3.05, 3.63) is 118 Å². The van der Waals surface area contributed by atoms with Crippen LogP contribution < -0.4 is 9.64 Å². The molecule has 1 N–H and O–H groups in total. The van der Waals surface area contributed by atoms with E-state index in [0.29, 0.717) is 0 Å². The fourth-order valence-electron chi connectivity index (χ4n) is 5.38. The predicted octanol–water partition coefficient (Wildman–Crippen LogP) is 11.3. The summed E-state index contributed by atoms with van der Waals surface area (Å²) < 4.78 is 6.19. The number of benzene rings is 4. The SMILES string of the molecule is CCCCCCCCCCOc1cc(C=Cc2ccc(N(c3ccc(C)cc3)c3ccc(C)cc3)cc2)c(CO)cc1C. The zero-order valence-corrected chi connectivity index (χ0v) is 26.6. The first-order valence-electron chi connectivity index (χ1n) is 16.1. The molecule has 0 unspecified atom stereocenters. The van der Waals surface area contributed by atoms with Crippen LogP contribution in [0.1, 0.15) is 91.7 Å². The summed E-state index contributed by atoms with van der Waals surface area (Å²) in [7, 11) is 0. The lowest BCUT2D eigenvalue weighted by molar-refractivity contribution is 0.280. The number of unbranched alkanes of at least 4 members (excludes halogenated alkanes) is 7. The number of aliphatic hydroxyl groups is 1. The molecule has 0 saturated carbocycles. The molecule has 0 aliphatic heterocycles. The number of aryl methyl sites for hydroxylation is 3. The fraction of sp³-hybridized carbons (Fsp3) is 0.350. The standard InChI is InChI=1S/C40H49NO2/c1-5-6-7-8-9-10-11-12-27-43-40-29-35(36(30-42)28-33(40)4)20-17-34-18-25-39(26-19-34)41(37-21-13-31(2)14-22-37)38-23-15-32(3)16-24-38/h13-26,28-29,42H,5-12,27,30H2,1-4H3. The van der Waals surface area contributed by atoms with Gasteiger partial charge in [0.1, 0.15) is 5.75 Å². The Morgan fingerprint density at radius 1 is 0.628 bits per heavy atom. The molecular formula is C40H49NO2. The molecule has 0 aromatic heterocycles. The molecule has 3 heteroatoms. The molecule has 0 spiro atoms. The van der Waals surface area contributed by atoms with Crippen molar-refractivity contribution in [3.8, 4) is 5.75 Å². The van der Waals surface area contributed by atoms with E-state index < -0.39 is 0 Å². The summed E-state index contributed by atoms with van der Waals surface area (Å²) in [6.07, 6.45) is 14.5. The minimum Gasteiger partial charge on any atom is -0.493 e. The average molecular weight is 576 g/mol. The fourth-order valence-corrected chi connectivity index (χ4v) is 5.38. The van der Waals surface area contributed by atoms with Crippen LogP contribution in [0.3, 0.4) is 0 Å². The highest BCUT2D eigenvalue weighted by molar-refractivity contribution is 5.78. The molecule has 226 valence electrons. The van der Waals surface area contributed by atoms with Crippen molar-refractivity contribution in [1.82, 2.24) is 0 Å². The van der Waals surface area contributed by atoms with E-state index in [0.717, 1.165) is 58.1 Å². The van der Waals surface area contributed by atoms with Gasteiger partial charge in [0.05, 0.1) is 13.2 Å². The van der Waals surface area contributed by atoms with Gasteiger partial charge in [-0.15, -0.1) is 0 Å². The maximum atomic E-state index is 10.0. The zero-order chi connectivity index (χ0) is 30.4. The van der Waals surface area contributed by atoms with Crippen LogP contribution >= 0.6 is 0 Å². The molecule has 0 radical (unpaired) electrons. The highest BCUT2D eigenvalue weighted by atomic mass is 16.5. The van der Waals surface area contributed by atoms with Gasteiger partial charge in [0.15, 0.2) is 0 Å². The third-order valence-electron chi connectivity index (χ3n) is 8.05. The lowest BCUT2D eigenvalue weighted by Gasteiger charge is -2.25. The Kier molecular flexibility index (Phi) is 12.5. The first-order valence-corrected chi connectivity index (χ1v) is 16.1. The predicted molar refractivity (Wildman–Crippen MR) is 185 cm³/mol. The smallest absolute Gasteiger partial charge is 0.122 e. The molecular weight excluding hydrogens is 526 g/mol. The second-order valence-corrected chi connectivity index (χ2v) is 11.7. The highest BCUT2D eigenvalue weighted by Crippen LogP contribution is 2.35. The van der Waals surface area contributed by atoms with Gasteiger partial charge in [0, 0.05) is 17.1 Å². The largest absolute Gasteiger partial charge is 0.493 e. The van der Waals surface area contributed by atoms with Gasteiger partial charge in [-0.05, 0) is 98.0 Å². The third-order valence-corrected chi connectivity index (χ3v) is 8.05. The van der Waals surface area contributed by atoms with Crippen LogP contribution in [0.5, 0.6) is 5.75 Å². The zero-order valence-electron chi connectivity index (χ0n) is 26.6. The minimum atomic E-state index is -0.000176. The normalized spacial score (nSPS) is 11.3. The van der Waals surface area contributed by atoms with Crippen molar-refractivity contribution in [3.63, 3.8) is 0 Å². The summed E-state index contributed by atoms with van der Waals surface area (Å²) >= 11 is 0. The molecule has 4 aromatic rings. The van der Waals surface area contributed by atoms with Crippen molar-refractivity contribution in [1.29, 1.82) is 0 Å². The van der Waals surface area contributed by atoms with E-state index in [1.807, 2.05) is 6.07 Å². The van der Waals surface area contributed by atoms with Crippen molar-refractivity contribution in [2.75, 3.05) is 11.5 Å². The van der Waals surface area contributed by atoms with Gasteiger partial charge in [-0.3, -0.25) is 0 Å². The van der Waals surface area contributed by atoms with Crippen LogP contribution in [0.2, 0.25) is 0 Å². The van der Waals surface area contributed by atoms with E-state index >= 15 is 0 Å². The van der Waals surface area contributed by atoms with Gasteiger partial charge in [-0.1, -0.05) is 112 Å². The van der Waals surface area contributed by atoms with Gasteiger partial charge in [-0.2, -0.15) is 0 Å². The van der Waals surface area contributed by atoms with Gasteiger partial charge >= 0.3 is 0 Å². The summed E-state index contributed by atoms with van der Waals surface area (Å²) in [6, 6.07) is 30.1. The van der Waals surface area contributed by atoms with Crippen LogP contribution in [-0.4, -0.2) is 11.7 Å². The number of rotatable bonds is 16. The third kappa shape index (κ3) is 9.59. The van der Waals surface area contributed by atoms with E-state index in [-0.39, 0.29) is 6.61 Å². The molecule has 4 aromatic carbocycles. The molecule has 4 rings (SSSR count). The summed E-state index contributed by atoms with van der Waals surface area (Å²) in [5.74, 6) is 0.905. The van der Waals surface area contributed by atoms with Gasteiger partial charge in [0.2, 0.25) is 0 Å². The van der Waals surface area contributed by atoms with Crippen molar-refractivity contribution in [2.45, 2.75) is 85.7 Å². The van der Waals surface area contributed by atoms with E-state index in [9.17, 15) is 5.11 Å². The van der Waals surface area contributed by atoms with E-state index in [1.54, 1.807) is 0 Å². The van der Waals surface area contributed by atoms with Crippen molar-refractivity contribution in [2.24, 2.45) is 0 Å². The van der Waals surface area contributed by atoms with Gasteiger partial charge in [-0.25, -0.2) is 0 Å². The first kappa shape index (κ1) is 32.1. The Bertz CT molecular complexity index is 1370. The molecule has 0 atom stereocenters.